The zero-order valence-corrected chi connectivity index (χ0v) is 10.3. The van der Waals surface area contributed by atoms with Gasteiger partial charge >= 0.3 is 0 Å². The van der Waals surface area contributed by atoms with Crippen molar-refractivity contribution in [2.75, 3.05) is 0 Å². The Morgan fingerprint density at radius 3 is 2.71 bits per heavy atom. The maximum atomic E-state index is 11.7. The van der Waals surface area contributed by atoms with Crippen molar-refractivity contribution in [3.63, 3.8) is 0 Å². The summed E-state index contributed by atoms with van der Waals surface area (Å²) < 4.78 is 27.2. The number of aromatic hydroxyl groups is 1. The third-order valence-corrected chi connectivity index (χ3v) is 4.57. The Morgan fingerprint density at radius 1 is 1.24 bits per heavy atom. The lowest BCUT2D eigenvalue weighted by atomic mass is 10.2. The largest absolute Gasteiger partial charge is 0.508 e. The van der Waals surface area contributed by atoms with Crippen molar-refractivity contribution in [1.82, 2.24) is 0 Å². The highest BCUT2D eigenvalue weighted by molar-refractivity contribution is 7.92. The molecule has 88 valence electrons. The number of phenols is 1. The molecule has 1 N–H and O–H groups in total. The summed E-state index contributed by atoms with van der Waals surface area (Å²) >= 11 is 1.12. The van der Waals surface area contributed by atoms with E-state index in [2.05, 4.69) is 4.40 Å². The highest BCUT2D eigenvalue weighted by Gasteiger charge is 2.11. The van der Waals surface area contributed by atoms with Crippen molar-refractivity contribution in [3.8, 4) is 5.75 Å². The first-order chi connectivity index (χ1) is 8.08. The van der Waals surface area contributed by atoms with E-state index in [1.54, 1.807) is 23.6 Å². The molecule has 0 aliphatic rings. The molecular weight excluding hydrogens is 258 g/mol. The van der Waals surface area contributed by atoms with Crippen molar-refractivity contribution in [2.45, 2.75) is 4.21 Å². The minimum atomic E-state index is -3.62. The number of rotatable bonds is 3. The molecule has 1 aromatic heterocycles. The molecule has 6 heteroatoms. The molecule has 1 aromatic carbocycles. The zero-order chi connectivity index (χ0) is 12.3. The smallest absolute Gasteiger partial charge is 0.291 e. The number of nitrogens with zero attached hydrogens (tertiary/aromatic N) is 1. The molecule has 0 unspecified atom stereocenters. The third-order valence-electron chi connectivity index (χ3n) is 1.96. The van der Waals surface area contributed by atoms with Gasteiger partial charge in [0.1, 0.15) is 9.96 Å². The lowest BCUT2D eigenvalue weighted by molar-refractivity contribution is 0.475. The van der Waals surface area contributed by atoms with Crippen molar-refractivity contribution in [2.24, 2.45) is 4.40 Å². The van der Waals surface area contributed by atoms with Crippen LogP contribution in [0.2, 0.25) is 0 Å². The lowest BCUT2D eigenvalue weighted by Crippen LogP contribution is -1.94. The van der Waals surface area contributed by atoms with Crippen LogP contribution < -0.4 is 0 Å². The van der Waals surface area contributed by atoms with E-state index in [9.17, 15) is 13.5 Å². The summed E-state index contributed by atoms with van der Waals surface area (Å²) in [4.78, 5) is 0. The summed E-state index contributed by atoms with van der Waals surface area (Å²) in [5.74, 6) is 0.0717. The Morgan fingerprint density at radius 2 is 2.06 bits per heavy atom. The Hall–Kier alpha value is -1.66. The molecule has 0 saturated heterocycles. The highest BCUT2D eigenvalue weighted by atomic mass is 32.2. The quantitative estimate of drug-likeness (QED) is 0.867. The summed E-state index contributed by atoms with van der Waals surface area (Å²) in [5.41, 5.74) is 0.533. The van der Waals surface area contributed by atoms with Gasteiger partial charge in [-0.1, -0.05) is 18.2 Å². The summed E-state index contributed by atoms with van der Waals surface area (Å²) in [5, 5.41) is 10.9. The maximum absolute atomic E-state index is 11.7. The van der Waals surface area contributed by atoms with Gasteiger partial charge in [0, 0.05) is 6.21 Å². The van der Waals surface area contributed by atoms with Crippen LogP contribution >= 0.6 is 11.3 Å². The van der Waals surface area contributed by atoms with E-state index >= 15 is 0 Å². The van der Waals surface area contributed by atoms with E-state index in [1.165, 1.54) is 24.4 Å². The molecule has 2 rings (SSSR count). The molecule has 0 bridgehead atoms. The molecule has 0 saturated carbocycles. The predicted molar refractivity (Wildman–Crippen MR) is 67.2 cm³/mol. The number of benzene rings is 1. The van der Waals surface area contributed by atoms with E-state index < -0.39 is 10.0 Å². The van der Waals surface area contributed by atoms with E-state index in [0.717, 1.165) is 11.3 Å². The number of hydrogen-bond acceptors (Lipinski definition) is 4. The Bertz CT molecular complexity index is 630. The van der Waals surface area contributed by atoms with Crippen molar-refractivity contribution in [1.29, 1.82) is 0 Å². The van der Waals surface area contributed by atoms with Crippen LogP contribution in [-0.2, 0) is 10.0 Å². The first kappa shape index (κ1) is 11.8. The highest BCUT2D eigenvalue weighted by Crippen LogP contribution is 2.18. The summed E-state index contributed by atoms with van der Waals surface area (Å²) in [6.07, 6.45) is 1.22. The second-order valence-corrected chi connectivity index (χ2v) is 6.04. The van der Waals surface area contributed by atoms with Crippen LogP contribution in [0.3, 0.4) is 0 Å². The number of phenolic OH excluding ortho intramolecular Hbond substituents is 1. The first-order valence-electron chi connectivity index (χ1n) is 4.71. The average molecular weight is 267 g/mol. The molecule has 4 nitrogen and oxygen atoms in total. The van der Waals surface area contributed by atoms with Gasteiger partial charge in [-0.25, -0.2) is 0 Å². The molecule has 1 heterocycles. The predicted octanol–water partition coefficient (Wildman–Crippen LogP) is 2.26. The Kier molecular flexibility index (Phi) is 3.26. The first-order valence-corrected chi connectivity index (χ1v) is 7.03. The molecule has 17 heavy (non-hydrogen) atoms. The SMILES string of the molecule is O=S(=O)(/N=C\c1cccc(O)c1)c1cccs1. The normalized spacial score (nSPS) is 12.0. The molecule has 0 fully saturated rings. The van der Waals surface area contributed by atoms with Gasteiger partial charge in [-0.2, -0.15) is 12.8 Å². The van der Waals surface area contributed by atoms with E-state index in [4.69, 9.17) is 0 Å². The van der Waals surface area contributed by atoms with Crippen molar-refractivity contribution < 1.29 is 13.5 Å². The van der Waals surface area contributed by atoms with Crippen LogP contribution in [-0.4, -0.2) is 19.7 Å². The Balaban J connectivity index is 2.28. The molecule has 2 aromatic rings. The second kappa shape index (κ2) is 4.68. The van der Waals surface area contributed by atoms with Crippen molar-refractivity contribution in [3.05, 3.63) is 47.3 Å². The topological polar surface area (TPSA) is 66.7 Å². The lowest BCUT2D eigenvalue weighted by Gasteiger charge is -1.95. The minimum Gasteiger partial charge on any atom is -0.508 e. The van der Waals surface area contributed by atoms with E-state index in [-0.39, 0.29) is 9.96 Å². The van der Waals surface area contributed by atoms with Crippen LogP contribution in [0.5, 0.6) is 5.75 Å². The van der Waals surface area contributed by atoms with Gasteiger partial charge in [0.15, 0.2) is 0 Å². The van der Waals surface area contributed by atoms with E-state index in [0.29, 0.717) is 5.56 Å². The molecular formula is C11H9NO3S2. The molecule has 0 radical (unpaired) electrons. The third kappa shape index (κ3) is 2.92. The second-order valence-electron chi connectivity index (χ2n) is 3.24. The number of sulfonamides is 1. The van der Waals surface area contributed by atoms with Crippen LogP contribution in [0.1, 0.15) is 5.56 Å². The molecule has 0 aliphatic heterocycles. The van der Waals surface area contributed by atoms with Crippen LogP contribution in [0.15, 0.2) is 50.4 Å². The van der Waals surface area contributed by atoms with Gasteiger partial charge in [0.25, 0.3) is 10.0 Å². The monoisotopic (exact) mass is 267 g/mol. The fourth-order valence-electron chi connectivity index (χ4n) is 1.20. The average Bonchev–Trinajstić information content (AvgIpc) is 2.81. The fourth-order valence-corrected chi connectivity index (χ4v) is 3.04. The number of thiophene rings is 1. The molecule has 0 spiro atoms. The van der Waals surface area contributed by atoms with Gasteiger partial charge in [-0.3, -0.25) is 0 Å². The zero-order valence-electron chi connectivity index (χ0n) is 8.65. The van der Waals surface area contributed by atoms with Crippen LogP contribution in [0.25, 0.3) is 0 Å². The van der Waals surface area contributed by atoms with Gasteiger partial charge < -0.3 is 5.11 Å². The standard InChI is InChI=1S/C11H9NO3S2/c13-10-4-1-3-9(7-10)8-12-17(14,15)11-5-2-6-16-11/h1-8,13H/b12-8-. The minimum absolute atomic E-state index is 0.0717. The van der Waals surface area contributed by atoms with Crippen LogP contribution in [0, 0.1) is 0 Å². The fraction of sp³-hybridized carbons (Fsp3) is 0. The molecule has 0 aliphatic carbocycles. The van der Waals surface area contributed by atoms with Gasteiger partial charge in [0.2, 0.25) is 0 Å². The molecule has 0 amide bonds. The molecule has 0 atom stereocenters. The Labute approximate surface area is 103 Å². The van der Waals surface area contributed by atoms with Crippen molar-refractivity contribution >= 4 is 27.6 Å². The summed E-state index contributed by atoms with van der Waals surface area (Å²) in [7, 11) is -3.62. The number of hydrogen-bond donors (Lipinski definition) is 1. The maximum Gasteiger partial charge on any atom is 0.291 e. The van der Waals surface area contributed by atoms with Crippen LogP contribution in [0.4, 0.5) is 0 Å². The van der Waals surface area contributed by atoms with E-state index in [1.807, 2.05) is 0 Å². The van der Waals surface area contributed by atoms with Gasteiger partial charge in [0.05, 0.1) is 0 Å². The summed E-state index contributed by atoms with van der Waals surface area (Å²) in [6, 6.07) is 9.38. The van der Waals surface area contributed by atoms with Gasteiger partial charge in [-0.05, 0) is 29.1 Å². The van der Waals surface area contributed by atoms with Gasteiger partial charge in [-0.15, -0.1) is 11.3 Å². The summed E-state index contributed by atoms with van der Waals surface area (Å²) in [6.45, 7) is 0.